The number of alkyl carbamates (subject to hydrolysis) is 1. The molecule has 10 nitrogen and oxygen atoms in total. The number of nitrogens with one attached hydrogen (secondary N) is 2. The number of benzene rings is 2. The zero-order chi connectivity index (χ0) is 30.4. The number of hydrogen-bond acceptors (Lipinski definition) is 8. The molecule has 0 saturated carbocycles. The van der Waals surface area contributed by atoms with Gasteiger partial charge in [-0.05, 0) is 62.1 Å². The molecule has 0 aromatic heterocycles. The van der Waals surface area contributed by atoms with Gasteiger partial charge in [-0.25, -0.2) is 9.59 Å². The first-order chi connectivity index (χ1) is 19.4. The van der Waals surface area contributed by atoms with Crippen LogP contribution in [0.5, 0.6) is 17.2 Å². The Morgan fingerprint density at radius 2 is 1.44 bits per heavy atom. The highest BCUT2D eigenvalue weighted by Gasteiger charge is 2.26. The van der Waals surface area contributed by atoms with Crippen molar-refractivity contribution in [3.05, 3.63) is 65.7 Å². The van der Waals surface area contributed by atoms with Crippen LogP contribution in [0.2, 0.25) is 0 Å². The Bertz CT molecular complexity index is 1190. The van der Waals surface area contributed by atoms with Crippen molar-refractivity contribution in [1.82, 2.24) is 10.6 Å². The summed E-state index contributed by atoms with van der Waals surface area (Å²) in [5.74, 6) is 1.14. The first-order valence-corrected chi connectivity index (χ1v) is 13.2. The third-order valence-corrected chi connectivity index (χ3v) is 5.39. The molecule has 1 unspecified atom stereocenters. The van der Waals surface area contributed by atoms with E-state index in [0.29, 0.717) is 17.2 Å². The lowest BCUT2D eigenvalue weighted by Gasteiger charge is -2.25. The van der Waals surface area contributed by atoms with Crippen LogP contribution in [-0.4, -0.2) is 57.2 Å². The zero-order valence-corrected chi connectivity index (χ0v) is 24.7. The lowest BCUT2D eigenvalue weighted by atomic mass is 10.0. The summed E-state index contributed by atoms with van der Waals surface area (Å²) < 4.78 is 26.0. The van der Waals surface area contributed by atoms with Crippen molar-refractivity contribution in [3.8, 4) is 17.2 Å². The average Bonchev–Trinajstić information content (AvgIpc) is 2.91. The van der Waals surface area contributed by atoms with E-state index in [4.69, 9.17) is 23.7 Å². The van der Waals surface area contributed by atoms with E-state index >= 15 is 0 Å². The van der Waals surface area contributed by atoms with E-state index < -0.39 is 29.8 Å². The minimum Gasteiger partial charge on any atom is -0.497 e. The fourth-order valence-electron chi connectivity index (χ4n) is 3.42. The summed E-state index contributed by atoms with van der Waals surface area (Å²) in [6, 6.07) is 11.7. The van der Waals surface area contributed by atoms with Crippen LogP contribution in [0.3, 0.4) is 0 Å². The maximum atomic E-state index is 12.5. The van der Waals surface area contributed by atoms with Gasteiger partial charge < -0.3 is 34.3 Å². The van der Waals surface area contributed by atoms with Gasteiger partial charge in [0.1, 0.15) is 35.5 Å². The van der Waals surface area contributed by atoms with Gasteiger partial charge in [-0.15, -0.1) is 0 Å². The number of methoxy groups -OCH3 is 2. The number of amides is 2. The fourth-order valence-corrected chi connectivity index (χ4v) is 3.42. The first-order valence-electron chi connectivity index (χ1n) is 13.2. The lowest BCUT2D eigenvalue weighted by molar-refractivity contribution is -0.124. The third kappa shape index (κ3) is 12.5. The van der Waals surface area contributed by atoms with E-state index in [0.717, 1.165) is 11.1 Å². The normalized spacial score (nSPS) is 12.2. The van der Waals surface area contributed by atoms with Gasteiger partial charge >= 0.3 is 12.2 Å². The third-order valence-electron chi connectivity index (χ3n) is 5.39. The number of allylic oxidation sites excluding steroid dienone is 2. The summed E-state index contributed by atoms with van der Waals surface area (Å²) in [4.78, 5) is 36.6. The number of carbonyl (C=O) groups excluding carboxylic acids is 3. The molecule has 0 radical (unpaired) electrons. The topological polar surface area (TPSA) is 121 Å². The summed E-state index contributed by atoms with van der Waals surface area (Å²) >= 11 is 0. The van der Waals surface area contributed by atoms with Gasteiger partial charge in [0.15, 0.2) is 0 Å². The Kier molecular flexibility index (Phi) is 12.7. The molecule has 2 N–H and O–H groups in total. The van der Waals surface area contributed by atoms with Crippen LogP contribution in [0.25, 0.3) is 12.2 Å². The standard InChI is InChI=1S/C31H40N2O8/c1-21(2)27(33-29(35)41-31(3,4)5)28(34)32-16-17-39-30(36)40-24-14-12-22(13-15-24)10-8-9-11-23-18-25(37-6)20-26(19-23)38-7/h8-15,18-21,27H,16-17H2,1-7H3,(H,32,34)(H,33,35)/b10-8+,11-9+. The highest BCUT2D eigenvalue weighted by atomic mass is 16.7. The van der Waals surface area contributed by atoms with Crippen molar-refractivity contribution in [3.63, 3.8) is 0 Å². The van der Waals surface area contributed by atoms with Crippen LogP contribution >= 0.6 is 0 Å². The molecule has 0 bridgehead atoms. The van der Waals surface area contributed by atoms with E-state index in [1.54, 1.807) is 79.2 Å². The van der Waals surface area contributed by atoms with E-state index in [1.807, 2.05) is 36.4 Å². The quantitative estimate of drug-likeness (QED) is 0.147. The Morgan fingerprint density at radius 1 is 0.854 bits per heavy atom. The molecule has 41 heavy (non-hydrogen) atoms. The van der Waals surface area contributed by atoms with Crippen molar-refractivity contribution in [2.45, 2.75) is 46.3 Å². The zero-order valence-electron chi connectivity index (χ0n) is 24.7. The van der Waals surface area contributed by atoms with Crippen LogP contribution in [0, 0.1) is 5.92 Å². The fraction of sp³-hybridized carbons (Fsp3) is 0.387. The number of ether oxygens (including phenoxy) is 5. The molecule has 0 saturated heterocycles. The molecule has 0 aliphatic heterocycles. The Labute approximate surface area is 241 Å². The molecule has 0 heterocycles. The van der Waals surface area contributed by atoms with Gasteiger partial charge in [-0.1, -0.05) is 50.3 Å². The van der Waals surface area contributed by atoms with E-state index in [9.17, 15) is 14.4 Å². The minimum atomic E-state index is -0.897. The molecule has 2 aromatic carbocycles. The van der Waals surface area contributed by atoms with Gasteiger partial charge in [0.2, 0.25) is 5.91 Å². The van der Waals surface area contributed by atoms with Crippen LogP contribution in [-0.2, 0) is 14.3 Å². The summed E-state index contributed by atoms with van der Waals surface area (Å²) in [5, 5.41) is 5.21. The summed E-state index contributed by atoms with van der Waals surface area (Å²) in [7, 11) is 3.21. The van der Waals surface area contributed by atoms with Crippen molar-refractivity contribution in [2.24, 2.45) is 5.92 Å². The smallest absolute Gasteiger partial charge is 0.497 e. The van der Waals surface area contributed by atoms with Crippen molar-refractivity contribution in [1.29, 1.82) is 0 Å². The molecule has 0 aliphatic carbocycles. The van der Waals surface area contributed by atoms with E-state index in [1.165, 1.54) is 0 Å². The Hall–Kier alpha value is -4.47. The van der Waals surface area contributed by atoms with Crippen LogP contribution in [0.1, 0.15) is 45.7 Å². The second kappa shape index (κ2) is 16.0. The van der Waals surface area contributed by atoms with Crippen LogP contribution in [0.4, 0.5) is 9.59 Å². The molecule has 10 heteroatoms. The molecule has 0 fully saturated rings. The van der Waals surface area contributed by atoms with Crippen molar-refractivity contribution in [2.75, 3.05) is 27.4 Å². The van der Waals surface area contributed by atoms with E-state index in [-0.39, 0.29) is 19.1 Å². The van der Waals surface area contributed by atoms with E-state index in [2.05, 4.69) is 10.6 Å². The lowest BCUT2D eigenvalue weighted by Crippen LogP contribution is -2.51. The minimum absolute atomic E-state index is 0.0486. The molecule has 0 spiro atoms. The molecule has 2 amide bonds. The maximum Gasteiger partial charge on any atom is 0.513 e. The van der Waals surface area contributed by atoms with Gasteiger partial charge in [-0.3, -0.25) is 4.79 Å². The highest BCUT2D eigenvalue weighted by molar-refractivity contribution is 5.85. The van der Waals surface area contributed by atoms with Crippen LogP contribution in [0.15, 0.2) is 54.6 Å². The van der Waals surface area contributed by atoms with Crippen molar-refractivity contribution >= 4 is 30.3 Å². The number of hydrogen-bond donors (Lipinski definition) is 2. The summed E-state index contributed by atoms with van der Waals surface area (Å²) in [5.41, 5.74) is 1.16. The van der Waals surface area contributed by atoms with Gasteiger partial charge in [0.25, 0.3) is 0 Å². The maximum absolute atomic E-state index is 12.5. The van der Waals surface area contributed by atoms with Crippen LogP contribution < -0.4 is 24.8 Å². The number of carbonyl (C=O) groups is 3. The average molecular weight is 569 g/mol. The second-order valence-corrected chi connectivity index (χ2v) is 10.3. The second-order valence-electron chi connectivity index (χ2n) is 10.3. The Balaban J connectivity index is 1.77. The predicted molar refractivity (Wildman–Crippen MR) is 157 cm³/mol. The first kappa shape index (κ1) is 32.7. The highest BCUT2D eigenvalue weighted by Crippen LogP contribution is 2.23. The molecule has 2 aromatic rings. The largest absolute Gasteiger partial charge is 0.513 e. The molecular formula is C31H40N2O8. The molecule has 0 aliphatic rings. The molecule has 222 valence electrons. The summed E-state index contributed by atoms with van der Waals surface area (Å²) in [6.07, 6.45) is 6.03. The molecule has 1 atom stereocenters. The molecule has 2 rings (SSSR count). The van der Waals surface area contributed by atoms with Gasteiger partial charge in [0, 0.05) is 6.07 Å². The Morgan fingerprint density at radius 3 is 1.98 bits per heavy atom. The SMILES string of the molecule is COc1cc(/C=C/C=C/c2ccc(OC(=O)OCCNC(=O)C(NC(=O)OC(C)(C)C)C(C)C)cc2)cc(OC)c1. The molecular weight excluding hydrogens is 528 g/mol. The van der Waals surface area contributed by atoms with Gasteiger partial charge in [-0.2, -0.15) is 0 Å². The number of rotatable bonds is 12. The van der Waals surface area contributed by atoms with Crippen molar-refractivity contribution < 1.29 is 38.1 Å². The summed E-state index contributed by atoms with van der Waals surface area (Å²) in [6.45, 7) is 8.75. The predicted octanol–water partition coefficient (Wildman–Crippen LogP) is 5.61. The monoisotopic (exact) mass is 568 g/mol. The van der Waals surface area contributed by atoms with Gasteiger partial charge in [0.05, 0.1) is 20.8 Å².